The van der Waals surface area contributed by atoms with Crippen molar-refractivity contribution in [2.24, 2.45) is 27.6 Å². The number of hydrogen-bond donors (Lipinski definition) is 0. The molecule has 0 heterocycles. The molecule has 4 rings (SSSR count). The van der Waals surface area contributed by atoms with E-state index in [1.165, 1.54) is 5.57 Å². The van der Waals surface area contributed by atoms with Gasteiger partial charge in [-0.15, -0.1) is 6.42 Å². The zero-order valence-electron chi connectivity index (χ0n) is 26.5. The van der Waals surface area contributed by atoms with Crippen LogP contribution in [0.4, 0.5) is 0 Å². The summed E-state index contributed by atoms with van der Waals surface area (Å²) < 4.78 is 39.5. The Kier molecular flexibility index (Phi) is 9.74. The van der Waals surface area contributed by atoms with E-state index in [2.05, 4.69) is 79.2 Å². The average Bonchev–Trinajstić information content (AvgIpc) is 3.04. The second-order valence-electron chi connectivity index (χ2n) is 13.2. The van der Waals surface area contributed by atoms with Gasteiger partial charge in [-0.05, 0) is 80.3 Å². The van der Waals surface area contributed by atoms with Crippen LogP contribution in [0.5, 0.6) is 0 Å². The van der Waals surface area contributed by atoms with Crippen LogP contribution in [0, 0.1) is 42.4 Å². The predicted molar refractivity (Wildman–Crippen MR) is 171 cm³/mol. The van der Waals surface area contributed by atoms with E-state index in [0.29, 0.717) is 35.2 Å². The molecule has 0 saturated heterocycles. The molecule has 1 aromatic rings. The molecule has 0 aromatic heterocycles. The van der Waals surface area contributed by atoms with Gasteiger partial charge in [0.15, 0.2) is 0 Å². The molecule has 0 N–H and O–H groups in total. The standard InChI is InChI=1S/C34H51NO3SSi/c1-13-19-34(14-2)31-20-29(22(3)4)30(21-32(34)35-39(36,37)28-17-15-26(11)16-18-28)33(27(31)12)38-40(23(5)6,24(7)8)25(9)10/h2,15-18,23-25,29-31H,3,13,19-21H2,1,4-12H3/b35-32+/t29-,30-,31+,34-/m0/s1. The summed E-state index contributed by atoms with van der Waals surface area (Å²) in [6, 6.07) is 6.90. The van der Waals surface area contributed by atoms with Crippen molar-refractivity contribution >= 4 is 24.1 Å². The third kappa shape index (κ3) is 5.53. The third-order valence-electron chi connectivity index (χ3n) is 9.82. The molecule has 220 valence electrons. The number of rotatable bonds is 10. The zero-order valence-corrected chi connectivity index (χ0v) is 28.3. The van der Waals surface area contributed by atoms with Gasteiger partial charge in [0.2, 0.25) is 0 Å². The zero-order chi connectivity index (χ0) is 30.2. The number of aryl methyl sites for hydroxylation is 1. The van der Waals surface area contributed by atoms with Crippen molar-refractivity contribution < 1.29 is 12.8 Å². The van der Waals surface area contributed by atoms with Crippen LogP contribution < -0.4 is 0 Å². The molecular weight excluding hydrogens is 531 g/mol. The van der Waals surface area contributed by atoms with Crippen LogP contribution in [0.25, 0.3) is 0 Å². The lowest BCUT2D eigenvalue weighted by atomic mass is 9.63. The fraction of sp³-hybridized carbons (Fsp3) is 0.618. The molecule has 3 aliphatic carbocycles. The maximum Gasteiger partial charge on any atom is 0.282 e. The van der Waals surface area contributed by atoms with E-state index in [0.717, 1.165) is 29.7 Å². The highest BCUT2D eigenvalue weighted by molar-refractivity contribution is 7.90. The lowest BCUT2D eigenvalue weighted by molar-refractivity contribution is 0.207. The van der Waals surface area contributed by atoms with Crippen molar-refractivity contribution in [3.63, 3.8) is 0 Å². The molecule has 2 bridgehead atoms. The Bertz CT molecular complexity index is 1290. The first-order valence-corrected chi connectivity index (χ1v) is 18.6. The third-order valence-corrected chi connectivity index (χ3v) is 17.1. The predicted octanol–water partition coefficient (Wildman–Crippen LogP) is 9.24. The van der Waals surface area contributed by atoms with E-state index in [1.54, 1.807) is 12.1 Å². The van der Waals surface area contributed by atoms with Crippen LogP contribution in [-0.2, 0) is 14.4 Å². The normalized spacial score (nSPS) is 26.5. The van der Waals surface area contributed by atoms with E-state index < -0.39 is 23.8 Å². The van der Waals surface area contributed by atoms with Crippen molar-refractivity contribution in [1.29, 1.82) is 0 Å². The summed E-state index contributed by atoms with van der Waals surface area (Å²) >= 11 is 0. The van der Waals surface area contributed by atoms with Gasteiger partial charge in [-0.25, -0.2) is 0 Å². The molecule has 1 aromatic carbocycles. The number of benzene rings is 1. The van der Waals surface area contributed by atoms with Crippen LogP contribution in [0.3, 0.4) is 0 Å². The van der Waals surface area contributed by atoms with E-state index in [9.17, 15) is 8.42 Å². The van der Waals surface area contributed by atoms with Crippen LogP contribution in [-0.4, -0.2) is 22.4 Å². The summed E-state index contributed by atoms with van der Waals surface area (Å²) in [5.74, 6) is 4.26. The van der Waals surface area contributed by atoms with E-state index in [1.807, 2.05) is 19.1 Å². The fourth-order valence-corrected chi connectivity index (χ4v) is 14.4. The second kappa shape index (κ2) is 12.0. The molecule has 0 radical (unpaired) electrons. The van der Waals surface area contributed by atoms with Crippen LogP contribution in [0.2, 0.25) is 16.6 Å². The van der Waals surface area contributed by atoms with Crippen molar-refractivity contribution in [3.8, 4) is 12.3 Å². The number of nitrogens with zero attached hydrogens (tertiary/aromatic N) is 1. The largest absolute Gasteiger partial charge is 0.545 e. The highest BCUT2D eigenvalue weighted by Crippen LogP contribution is 2.58. The molecule has 6 heteroatoms. The Morgan fingerprint density at radius 3 is 2.12 bits per heavy atom. The minimum absolute atomic E-state index is 0.0316. The van der Waals surface area contributed by atoms with Crippen molar-refractivity contribution in [2.75, 3.05) is 0 Å². The van der Waals surface area contributed by atoms with Gasteiger partial charge >= 0.3 is 0 Å². The maximum absolute atomic E-state index is 13.7. The van der Waals surface area contributed by atoms with E-state index in [-0.39, 0.29) is 22.6 Å². The number of sulfonamides is 1. The molecule has 40 heavy (non-hydrogen) atoms. The monoisotopic (exact) mass is 581 g/mol. The molecule has 0 amide bonds. The summed E-state index contributed by atoms with van der Waals surface area (Å²) in [7, 11) is -6.22. The van der Waals surface area contributed by atoms with Gasteiger partial charge in [-0.1, -0.05) is 90.7 Å². The van der Waals surface area contributed by atoms with Crippen molar-refractivity contribution in [2.45, 2.75) is 116 Å². The van der Waals surface area contributed by atoms with Gasteiger partial charge in [0.05, 0.1) is 21.8 Å². The molecule has 4 nitrogen and oxygen atoms in total. The average molecular weight is 582 g/mol. The smallest absolute Gasteiger partial charge is 0.282 e. The van der Waals surface area contributed by atoms with Gasteiger partial charge in [-0.3, -0.25) is 0 Å². The summed E-state index contributed by atoms with van der Waals surface area (Å²) in [4.78, 5) is 0.202. The lowest BCUT2D eigenvalue weighted by Crippen LogP contribution is -2.49. The number of allylic oxidation sites excluding steroid dienone is 3. The summed E-state index contributed by atoms with van der Waals surface area (Å²) in [6.45, 7) is 26.5. The summed E-state index contributed by atoms with van der Waals surface area (Å²) in [5.41, 5.74) is 4.36. The molecule has 0 spiro atoms. The summed E-state index contributed by atoms with van der Waals surface area (Å²) in [5, 5.41) is 0. The summed E-state index contributed by atoms with van der Waals surface area (Å²) in [6.07, 6.45) is 9.26. The molecule has 0 unspecified atom stereocenters. The van der Waals surface area contributed by atoms with Crippen LogP contribution >= 0.6 is 0 Å². The number of terminal acetylenes is 1. The minimum atomic E-state index is -3.94. The first-order valence-electron chi connectivity index (χ1n) is 15.0. The number of fused-ring (bicyclic) bond motifs is 3. The topological polar surface area (TPSA) is 55.7 Å². The molecule has 3 aliphatic rings. The molecule has 4 atom stereocenters. The molecule has 0 aliphatic heterocycles. The van der Waals surface area contributed by atoms with E-state index >= 15 is 0 Å². The highest BCUT2D eigenvalue weighted by Gasteiger charge is 2.56. The van der Waals surface area contributed by atoms with Crippen LogP contribution in [0.15, 0.2) is 57.0 Å². The Balaban J connectivity index is 2.32. The van der Waals surface area contributed by atoms with Gasteiger partial charge in [0, 0.05) is 11.8 Å². The minimum Gasteiger partial charge on any atom is -0.545 e. The molecule has 1 fully saturated rings. The fourth-order valence-electron chi connectivity index (χ4n) is 7.88. The molecular formula is C34H51NO3SSi. The van der Waals surface area contributed by atoms with Gasteiger partial charge < -0.3 is 4.43 Å². The van der Waals surface area contributed by atoms with Crippen molar-refractivity contribution in [1.82, 2.24) is 0 Å². The van der Waals surface area contributed by atoms with Gasteiger partial charge in [0.25, 0.3) is 18.3 Å². The van der Waals surface area contributed by atoms with Crippen LogP contribution in [0.1, 0.15) is 93.6 Å². The van der Waals surface area contributed by atoms with Crippen molar-refractivity contribution in [3.05, 3.63) is 53.3 Å². The Labute approximate surface area is 246 Å². The Hall–Kier alpha value is -2.10. The first-order chi connectivity index (χ1) is 18.6. The quantitative estimate of drug-likeness (QED) is 0.157. The van der Waals surface area contributed by atoms with Gasteiger partial charge in [0.1, 0.15) is 0 Å². The SMILES string of the molecule is C#C[C@@]1(CCC)/C(=N/S(=O)(=O)c2ccc(C)cc2)C[C@@H]2C(O[Si](C(C)C)(C(C)C)C(C)C)=C(C)[C@H]1C[C@H]2C(=C)C. The van der Waals surface area contributed by atoms with Gasteiger partial charge in [-0.2, -0.15) is 12.8 Å². The maximum atomic E-state index is 13.7. The first kappa shape index (κ1) is 32.4. The number of hydrogen-bond acceptors (Lipinski definition) is 3. The Morgan fingerprint density at radius 2 is 1.68 bits per heavy atom. The van der Waals surface area contributed by atoms with E-state index in [4.69, 9.17) is 10.8 Å². The highest BCUT2D eigenvalue weighted by atomic mass is 32.2. The second-order valence-corrected chi connectivity index (χ2v) is 20.2. The Morgan fingerprint density at radius 1 is 1.12 bits per heavy atom. The molecule has 1 saturated carbocycles. The lowest BCUT2D eigenvalue weighted by Gasteiger charge is -2.47.